The highest BCUT2D eigenvalue weighted by atomic mass is 79.9. The highest BCUT2D eigenvalue weighted by Crippen LogP contribution is 2.36. The van der Waals surface area contributed by atoms with E-state index in [4.69, 9.17) is 0 Å². The molecule has 2 rings (SSSR count). The molecule has 0 radical (unpaired) electrons. The van der Waals surface area contributed by atoms with E-state index in [1.165, 1.54) is 12.8 Å². The van der Waals surface area contributed by atoms with Gasteiger partial charge in [0, 0.05) is 19.1 Å². The van der Waals surface area contributed by atoms with E-state index in [0.29, 0.717) is 6.04 Å². The van der Waals surface area contributed by atoms with Crippen molar-refractivity contribution in [2.75, 3.05) is 23.3 Å². The van der Waals surface area contributed by atoms with Crippen molar-refractivity contribution in [3.8, 4) is 0 Å². The summed E-state index contributed by atoms with van der Waals surface area (Å²) in [6, 6.07) is 0.672. The van der Waals surface area contributed by atoms with Crippen LogP contribution in [0.4, 0.5) is 11.6 Å². The molecule has 0 unspecified atom stereocenters. The number of anilines is 2. The zero-order valence-electron chi connectivity index (χ0n) is 10.4. The van der Waals surface area contributed by atoms with Crippen LogP contribution in [0.25, 0.3) is 0 Å². The summed E-state index contributed by atoms with van der Waals surface area (Å²) in [5.41, 5.74) is 0. The second kappa shape index (κ2) is 5.67. The molecule has 1 saturated carbocycles. The molecular weight excluding hydrogens is 280 g/mol. The lowest BCUT2D eigenvalue weighted by atomic mass is 10.4. The second-order valence-corrected chi connectivity index (χ2v) is 5.10. The van der Waals surface area contributed by atoms with Crippen molar-refractivity contribution in [1.29, 1.82) is 0 Å². The Labute approximate surface area is 111 Å². The van der Waals surface area contributed by atoms with Gasteiger partial charge in [-0.3, -0.25) is 0 Å². The molecule has 0 amide bonds. The highest BCUT2D eigenvalue weighted by Gasteiger charge is 2.30. The lowest BCUT2D eigenvalue weighted by Crippen LogP contribution is -2.26. The van der Waals surface area contributed by atoms with Gasteiger partial charge in [-0.2, -0.15) is 0 Å². The van der Waals surface area contributed by atoms with Gasteiger partial charge in [0.2, 0.25) is 0 Å². The first kappa shape index (κ1) is 12.6. The van der Waals surface area contributed by atoms with Gasteiger partial charge in [0.15, 0.2) is 0 Å². The van der Waals surface area contributed by atoms with Crippen LogP contribution >= 0.6 is 15.9 Å². The number of aromatic nitrogens is 2. The molecule has 0 saturated heterocycles. The highest BCUT2D eigenvalue weighted by molar-refractivity contribution is 9.10. The van der Waals surface area contributed by atoms with Gasteiger partial charge in [0.25, 0.3) is 0 Å². The Morgan fingerprint density at radius 2 is 2.18 bits per heavy atom. The number of hydrogen-bond acceptors (Lipinski definition) is 4. The van der Waals surface area contributed by atoms with E-state index >= 15 is 0 Å². The molecular formula is C12H19BrN4. The zero-order valence-corrected chi connectivity index (χ0v) is 12.0. The number of nitrogens with zero attached hydrogens (tertiary/aromatic N) is 3. The van der Waals surface area contributed by atoms with Gasteiger partial charge in [-0.15, -0.1) is 0 Å². The summed E-state index contributed by atoms with van der Waals surface area (Å²) in [6.07, 6.45) is 5.29. The normalized spacial score (nSPS) is 14.8. The Morgan fingerprint density at radius 3 is 2.76 bits per heavy atom. The minimum Gasteiger partial charge on any atom is -0.369 e. The van der Waals surface area contributed by atoms with Gasteiger partial charge in [-0.25, -0.2) is 9.97 Å². The SMILES string of the molecule is CCCNc1ncnc(N(CC)C2CC2)c1Br. The predicted molar refractivity (Wildman–Crippen MR) is 74.6 cm³/mol. The topological polar surface area (TPSA) is 41.1 Å². The monoisotopic (exact) mass is 298 g/mol. The van der Waals surface area contributed by atoms with Gasteiger partial charge in [0.1, 0.15) is 22.4 Å². The third-order valence-electron chi connectivity index (χ3n) is 2.91. The van der Waals surface area contributed by atoms with E-state index in [0.717, 1.165) is 35.6 Å². The predicted octanol–water partition coefficient (Wildman–Crippen LogP) is 3.05. The third kappa shape index (κ3) is 2.89. The fourth-order valence-corrected chi connectivity index (χ4v) is 2.47. The molecule has 0 bridgehead atoms. The van der Waals surface area contributed by atoms with Crippen LogP contribution in [0.5, 0.6) is 0 Å². The van der Waals surface area contributed by atoms with E-state index in [1.54, 1.807) is 6.33 Å². The van der Waals surface area contributed by atoms with Gasteiger partial charge in [0.05, 0.1) is 0 Å². The van der Waals surface area contributed by atoms with Crippen molar-refractivity contribution in [3.05, 3.63) is 10.8 Å². The van der Waals surface area contributed by atoms with Crippen LogP contribution < -0.4 is 10.2 Å². The molecule has 4 nitrogen and oxygen atoms in total. The number of rotatable bonds is 6. The van der Waals surface area contributed by atoms with Crippen molar-refractivity contribution in [3.63, 3.8) is 0 Å². The summed E-state index contributed by atoms with van der Waals surface area (Å²) < 4.78 is 0.988. The fourth-order valence-electron chi connectivity index (χ4n) is 1.89. The molecule has 1 aliphatic carbocycles. The molecule has 17 heavy (non-hydrogen) atoms. The van der Waals surface area contributed by atoms with Crippen LogP contribution in [0.1, 0.15) is 33.1 Å². The van der Waals surface area contributed by atoms with Crippen molar-refractivity contribution in [1.82, 2.24) is 9.97 Å². The first-order chi connectivity index (χ1) is 8.27. The lowest BCUT2D eigenvalue weighted by molar-refractivity contribution is 0.801. The van der Waals surface area contributed by atoms with Crippen molar-refractivity contribution in [2.24, 2.45) is 0 Å². The van der Waals surface area contributed by atoms with Crippen LogP contribution in [0.3, 0.4) is 0 Å². The molecule has 0 aliphatic heterocycles. The van der Waals surface area contributed by atoms with E-state index in [9.17, 15) is 0 Å². The molecule has 1 aromatic heterocycles. The van der Waals surface area contributed by atoms with Crippen LogP contribution in [0, 0.1) is 0 Å². The largest absolute Gasteiger partial charge is 0.369 e. The molecule has 1 fully saturated rings. The smallest absolute Gasteiger partial charge is 0.148 e. The Kier molecular flexibility index (Phi) is 4.20. The van der Waals surface area contributed by atoms with Crippen LogP contribution in [0.15, 0.2) is 10.8 Å². The molecule has 1 aliphatic rings. The molecule has 5 heteroatoms. The van der Waals surface area contributed by atoms with Crippen LogP contribution in [0.2, 0.25) is 0 Å². The van der Waals surface area contributed by atoms with E-state index in [2.05, 4.69) is 50.0 Å². The first-order valence-corrected chi connectivity index (χ1v) is 7.08. The maximum atomic E-state index is 4.41. The molecule has 1 aromatic rings. The second-order valence-electron chi connectivity index (χ2n) is 4.30. The van der Waals surface area contributed by atoms with Crippen molar-refractivity contribution >= 4 is 27.6 Å². The van der Waals surface area contributed by atoms with Crippen LogP contribution in [-0.4, -0.2) is 29.1 Å². The summed E-state index contributed by atoms with van der Waals surface area (Å²) >= 11 is 3.62. The number of nitrogens with one attached hydrogen (secondary N) is 1. The molecule has 0 atom stereocenters. The average molecular weight is 299 g/mol. The van der Waals surface area contributed by atoms with Crippen molar-refractivity contribution in [2.45, 2.75) is 39.2 Å². The summed E-state index contributed by atoms with van der Waals surface area (Å²) in [5.74, 6) is 1.92. The summed E-state index contributed by atoms with van der Waals surface area (Å²) in [7, 11) is 0. The lowest BCUT2D eigenvalue weighted by Gasteiger charge is -2.23. The van der Waals surface area contributed by atoms with Gasteiger partial charge < -0.3 is 10.2 Å². The zero-order chi connectivity index (χ0) is 12.3. The molecule has 94 valence electrons. The Hall–Kier alpha value is -0.840. The molecule has 0 spiro atoms. The van der Waals surface area contributed by atoms with Crippen LogP contribution in [-0.2, 0) is 0 Å². The van der Waals surface area contributed by atoms with Gasteiger partial charge in [-0.05, 0) is 42.1 Å². The minimum absolute atomic E-state index is 0.672. The van der Waals surface area contributed by atoms with Gasteiger partial charge >= 0.3 is 0 Å². The quantitative estimate of drug-likeness (QED) is 0.876. The Balaban J connectivity index is 2.20. The molecule has 1 N–H and O–H groups in total. The Bertz CT molecular complexity index is 379. The number of halogens is 1. The van der Waals surface area contributed by atoms with Gasteiger partial charge in [-0.1, -0.05) is 6.92 Å². The van der Waals surface area contributed by atoms with E-state index < -0.39 is 0 Å². The average Bonchev–Trinajstić information content (AvgIpc) is 3.15. The standard InChI is InChI=1S/C12H19BrN4/c1-3-7-14-11-10(13)12(16-8-15-11)17(4-2)9-5-6-9/h8-9H,3-7H2,1-2H3,(H,14,15,16). The summed E-state index contributed by atoms with van der Waals surface area (Å²) in [6.45, 7) is 6.25. The Morgan fingerprint density at radius 1 is 1.41 bits per heavy atom. The van der Waals surface area contributed by atoms with Crippen molar-refractivity contribution < 1.29 is 0 Å². The molecule has 1 heterocycles. The molecule has 0 aromatic carbocycles. The minimum atomic E-state index is 0.672. The third-order valence-corrected chi connectivity index (χ3v) is 3.64. The number of hydrogen-bond donors (Lipinski definition) is 1. The summed E-state index contributed by atoms with van der Waals surface area (Å²) in [5, 5.41) is 3.32. The first-order valence-electron chi connectivity index (χ1n) is 6.28. The van der Waals surface area contributed by atoms with E-state index in [1.807, 2.05) is 0 Å². The fraction of sp³-hybridized carbons (Fsp3) is 0.667. The maximum Gasteiger partial charge on any atom is 0.148 e. The maximum absolute atomic E-state index is 4.41. The van der Waals surface area contributed by atoms with E-state index in [-0.39, 0.29) is 0 Å². The summed E-state index contributed by atoms with van der Waals surface area (Å²) in [4.78, 5) is 11.0.